The first kappa shape index (κ1) is 23.0. The molecule has 0 bridgehead atoms. The highest BCUT2D eigenvalue weighted by atomic mass is 35.5. The van der Waals surface area contributed by atoms with Gasteiger partial charge in [0.15, 0.2) is 0 Å². The highest BCUT2D eigenvalue weighted by Gasteiger charge is 2.24. The second-order valence-electron chi connectivity index (χ2n) is 9.38. The molecule has 3 aromatic rings. The average molecular weight is 453 g/mol. The van der Waals surface area contributed by atoms with E-state index in [2.05, 4.69) is 61.5 Å². The summed E-state index contributed by atoms with van der Waals surface area (Å²) in [5, 5.41) is -0.428. The van der Waals surface area contributed by atoms with Crippen molar-refractivity contribution >= 4 is 11.6 Å². The third-order valence-electron chi connectivity index (χ3n) is 7.10. The van der Waals surface area contributed by atoms with Gasteiger partial charge in [0.2, 0.25) is 0 Å². The molecule has 3 heteroatoms. The van der Waals surface area contributed by atoms with E-state index in [0.29, 0.717) is 23.8 Å². The van der Waals surface area contributed by atoms with Crippen molar-refractivity contribution in [2.24, 2.45) is 5.92 Å². The normalized spacial score (nSPS) is 19.6. The minimum atomic E-state index is -0.689. The molecule has 1 aliphatic rings. The summed E-state index contributed by atoms with van der Waals surface area (Å²) in [4.78, 5) is 0. The highest BCUT2D eigenvalue weighted by Crippen LogP contribution is 2.39. The molecule has 0 aliphatic heterocycles. The smallest absolute Gasteiger partial charge is 0.145 e. The largest absolute Gasteiger partial charge is 0.205 e. The molecule has 1 atom stereocenters. The molecule has 1 fully saturated rings. The summed E-state index contributed by atoms with van der Waals surface area (Å²) in [7, 11) is 0. The molecule has 4 rings (SSSR count). The predicted octanol–water partition coefficient (Wildman–Crippen LogP) is 8.87. The Balaban J connectivity index is 1.27. The highest BCUT2D eigenvalue weighted by molar-refractivity contribution is 6.30. The Hall–Kier alpha value is -2.19. The summed E-state index contributed by atoms with van der Waals surface area (Å²) in [5.74, 6) is 0.712. The van der Waals surface area contributed by atoms with Crippen LogP contribution in [0.15, 0.2) is 66.7 Å². The van der Waals surface area contributed by atoms with Gasteiger partial charge in [-0.25, -0.2) is 8.78 Å². The SMILES string of the molecule is CC(CC1CCC(c2ccc(CCc3cc(F)c(Cl)c(F)c3)cc2)CC1)c1ccccc1. The van der Waals surface area contributed by atoms with Crippen molar-refractivity contribution in [3.63, 3.8) is 0 Å². The summed E-state index contributed by atoms with van der Waals surface area (Å²) in [6, 6.07) is 22.3. The Labute approximate surface area is 195 Å². The third kappa shape index (κ3) is 5.78. The number of hydrogen-bond donors (Lipinski definition) is 0. The van der Waals surface area contributed by atoms with Gasteiger partial charge in [-0.2, -0.15) is 0 Å². The molecule has 0 radical (unpaired) electrons. The minimum absolute atomic E-state index is 0.428. The fraction of sp³-hybridized carbons (Fsp3) is 0.379. The molecule has 1 unspecified atom stereocenters. The number of rotatable bonds is 7. The van der Waals surface area contributed by atoms with E-state index in [9.17, 15) is 8.78 Å². The summed E-state index contributed by atoms with van der Waals surface area (Å²) in [6.45, 7) is 2.35. The van der Waals surface area contributed by atoms with Crippen LogP contribution in [0.3, 0.4) is 0 Å². The van der Waals surface area contributed by atoms with E-state index in [1.54, 1.807) is 0 Å². The summed E-state index contributed by atoms with van der Waals surface area (Å²) in [6.07, 6.45) is 7.75. The molecule has 0 aromatic heterocycles. The van der Waals surface area contributed by atoms with Crippen LogP contribution in [0.25, 0.3) is 0 Å². The fourth-order valence-corrected chi connectivity index (χ4v) is 5.26. The Morgan fingerprint density at radius 2 is 1.41 bits per heavy atom. The van der Waals surface area contributed by atoms with Crippen molar-refractivity contribution in [3.05, 3.63) is 106 Å². The topological polar surface area (TPSA) is 0 Å². The van der Waals surface area contributed by atoms with Crippen LogP contribution >= 0.6 is 11.6 Å². The van der Waals surface area contributed by atoms with Crippen molar-refractivity contribution in [1.29, 1.82) is 0 Å². The molecule has 0 nitrogen and oxygen atoms in total. The molecule has 0 amide bonds. The van der Waals surface area contributed by atoms with E-state index >= 15 is 0 Å². The van der Waals surface area contributed by atoms with Crippen LogP contribution in [0, 0.1) is 17.6 Å². The molecule has 32 heavy (non-hydrogen) atoms. The van der Waals surface area contributed by atoms with Gasteiger partial charge in [-0.15, -0.1) is 0 Å². The van der Waals surface area contributed by atoms with E-state index in [1.165, 1.54) is 60.9 Å². The summed E-state index contributed by atoms with van der Waals surface area (Å²) < 4.78 is 27.3. The van der Waals surface area contributed by atoms with Gasteiger partial charge >= 0.3 is 0 Å². The van der Waals surface area contributed by atoms with Gasteiger partial charge in [0.05, 0.1) is 0 Å². The zero-order valence-corrected chi connectivity index (χ0v) is 19.4. The Kier molecular flexibility index (Phi) is 7.63. The molecule has 0 saturated heterocycles. The molecule has 1 saturated carbocycles. The first-order chi connectivity index (χ1) is 15.5. The van der Waals surface area contributed by atoms with E-state index in [4.69, 9.17) is 11.6 Å². The van der Waals surface area contributed by atoms with Crippen LogP contribution in [-0.4, -0.2) is 0 Å². The number of benzene rings is 3. The van der Waals surface area contributed by atoms with Gasteiger partial charge in [-0.1, -0.05) is 73.1 Å². The van der Waals surface area contributed by atoms with Crippen molar-refractivity contribution in [3.8, 4) is 0 Å². The maximum Gasteiger partial charge on any atom is 0.145 e. The van der Waals surface area contributed by atoms with E-state index in [1.807, 2.05) is 0 Å². The number of halogens is 3. The monoisotopic (exact) mass is 452 g/mol. The first-order valence-electron chi connectivity index (χ1n) is 11.8. The molecule has 1 aliphatic carbocycles. The summed E-state index contributed by atoms with van der Waals surface area (Å²) >= 11 is 5.57. The van der Waals surface area contributed by atoms with Gasteiger partial charge in [0.1, 0.15) is 16.7 Å². The maximum absolute atomic E-state index is 13.6. The Morgan fingerprint density at radius 1 is 0.812 bits per heavy atom. The van der Waals surface area contributed by atoms with Crippen LogP contribution < -0.4 is 0 Å². The molecule has 0 spiro atoms. The lowest BCUT2D eigenvalue weighted by Gasteiger charge is -2.30. The van der Waals surface area contributed by atoms with Crippen LogP contribution in [0.5, 0.6) is 0 Å². The molecule has 168 valence electrons. The lowest BCUT2D eigenvalue weighted by Crippen LogP contribution is -2.15. The van der Waals surface area contributed by atoms with Gasteiger partial charge in [-0.3, -0.25) is 0 Å². The third-order valence-corrected chi connectivity index (χ3v) is 7.46. The molecule has 0 heterocycles. The lowest BCUT2D eigenvalue weighted by atomic mass is 9.75. The minimum Gasteiger partial charge on any atom is -0.205 e. The van der Waals surface area contributed by atoms with Gasteiger partial charge in [-0.05, 0) is 97.1 Å². The first-order valence-corrected chi connectivity index (χ1v) is 12.1. The van der Waals surface area contributed by atoms with Crippen molar-refractivity contribution in [2.75, 3.05) is 0 Å². The van der Waals surface area contributed by atoms with Crippen LogP contribution in [-0.2, 0) is 12.8 Å². The number of hydrogen-bond acceptors (Lipinski definition) is 0. The van der Waals surface area contributed by atoms with Crippen LogP contribution in [0.2, 0.25) is 5.02 Å². The second kappa shape index (κ2) is 10.6. The van der Waals surface area contributed by atoms with Gasteiger partial charge < -0.3 is 0 Å². The van der Waals surface area contributed by atoms with Crippen LogP contribution in [0.1, 0.15) is 73.1 Å². The zero-order valence-electron chi connectivity index (χ0n) is 18.7. The van der Waals surface area contributed by atoms with Crippen molar-refractivity contribution in [2.45, 2.75) is 63.7 Å². The standard InChI is InChI=1S/C29H31ClF2/c1-20(24-5-3-2-4-6-24)17-22-11-15-26(16-12-22)25-13-9-21(10-14-25)7-8-23-18-27(31)29(30)28(32)19-23/h2-6,9-10,13-14,18-20,22,26H,7-8,11-12,15-17H2,1H3. The predicted molar refractivity (Wildman–Crippen MR) is 129 cm³/mol. The molecule has 3 aromatic carbocycles. The average Bonchev–Trinajstić information content (AvgIpc) is 2.82. The van der Waals surface area contributed by atoms with E-state index in [-0.39, 0.29) is 0 Å². The van der Waals surface area contributed by atoms with Crippen molar-refractivity contribution in [1.82, 2.24) is 0 Å². The van der Waals surface area contributed by atoms with Gasteiger partial charge in [0, 0.05) is 0 Å². The second-order valence-corrected chi connectivity index (χ2v) is 9.76. The Bertz CT molecular complexity index is 982. The molecule has 0 N–H and O–H groups in total. The fourth-order valence-electron chi connectivity index (χ4n) is 5.15. The Morgan fingerprint density at radius 3 is 2.03 bits per heavy atom. The van der Waals surface area contributed by atoms with E-state index < -0.39 is 16.7 Å². The zero-order chi connectivity index (χ0) is 22.5. The molecular weight excluding hydrogens is 422 g/mol. The molecular formula is C29H31ClF2. The van der Waals surface area contributed by atoms with Gasteiger partial charge in [0.25, 0.3) is 0 Å². The quantitative estimate of drug-likeness (QED) is 0.314. The van der Waals surface area contributed by atoms with Crippen molar-refractivity contribution < 1.29 is 8.78 Å². The number of aryl methyl sites for hydroxylation is 2. The lowest BCUT2D eigenvalue weighted by molar-refractivity contribution is 0.297. The van der Waals surface area contributed by atoms with E-state index in [0.717, 1.165) is 12.3 Å². The maximum atomic E-state index is 13.6. The van der Waals surface area contributed by atoms with Crippen LogP contribution in [0.4, 0.5) is 8.78 Å². The summed E-state index contributed by atoms with van der Waals surface area (Å²) in [5.41, 5.74) is 4.70.